The van der Waals surface area contributed by atoms with E-state index in [0.717, 1.165) is 5.56 Å². The van der Waals surface area contributed by atoms with E-state index in [2.05, 4.69) is 10.6 Å². The van der Waals surface area contributed by atoms with E-state index in [4.69, 9.17) is 9.52 Å². The molecule has 0 spiro atoms. The molecule has 6 heteroatoms. The Kier molecular flexibility index (Phi) is 6.38. The topological polar surface area (TPSA) is 91.6 Å². The van der Waals surface area contributed by atoms with Crippen LogP contribution in [0.1, 0.15) is 22.5 Å². The molecule has 0 aliphatic heterocycles. The van der Waals surface area contributed by atoms with Crippen molar-refractivity contribution in [2.45, 2.75) is 18.9 Å². The van der Waals surface area contributed by atoms with Crippen LogP contribution in [0.4, 0.5) is 0 Å². The highest BCUT2D eigenvalue weighted by Crippen LogP contribution is 2.06. The Morgan fingerprint density at radius 2 is 1.91 bits per heavy atom. The third kappa shape index (κ3) is 5.27. The number of nitrogens with one attached hydrogen (secondary N) is 2. The molecule has 0 aliphatic rings. The maximum absolute atomic E-state index is 12.3. The molecular formula is C17H20N2O4. The van der Waals surface area contributed by atoms with Crippen molar-refractivity contribution in [3.05, 3.63) is 60.1 Å². The molecule has 0 saturated carbocycles. The van der Waals surface area contributed by atoms with Crippen LogP contribution in [0.2, 0.25) is 0 Å². The van der Waals surface area contributed by atoms with Crippen LogP contribution in [0.3, 0.4) is 0 Å². The molecule has 0 bridgehead atoms. The van der Waals surface area contributed by atoms with Gasteiger partial charge in [0.2, 0.25) is 5.91 Å². The number of carbonyl (C=O) groups excluding carboxylic acids is 2. The van der Waals surface area contributed by atoms with E-state index < -0.39 is 11.9 Å². The number of hydrogen-bond donors (Lipinski definition) is 3. The zero-order chi connectivity index (χ0) is 16.5. The second-order valence-corrected chi connectivity index (χ2v) is 5.06. The standard InChI is InChI=1S/C17H20N2O4/c20-10-5-9-18-16(21)14(12-13-6-2-1-3-7-13)19-17(22)15-8-4-11-23-15/h1-4,6-8,11,14,20H,5,9-10,12H2,(H,18,21)(H,19,22). The lowest BCUT2D eigenvalue weighted by Gasteiger charge is -2.18. The smallest absolute Gasteiger partial charge is 0.287 e. The highest BCUT2D eigenvalue weighted by molar-refractivity contribution is 5.95. The summed E-state index contributed by atoms with van der Waals surface area (Å²) in [6.45, 7) is 0.361. The van der Waals surface area contributed by atoms with Gasteiger partial charge < -0.3 is 20.2 Å². The lowest BCUT2D eigenvalue weighted by molar-refractivity contribution is -0.123. The lowest BCUT2D eigenvalue weighted by atomic mass is 10.0. The number of carbonyl (C=O) groups is 2. The van der Waals surface area contributed by atoms with E-state index in [0.29, 0.717) is 19.4 Å². The summed E-state index contributed by atoms with van der Waals surface area (Å²) in [6, 6.07) is 11.9. The van der Waals surface area contributed by atoms with Crippen molar-refractivity contribution in [2.24, 2.45) is 0 Å². The van der Waals surface area contributed by atoms with Gasteiger partial charge in [-0.1, -0.05) is 30.3 Å². The average molecular weight is 316 g/mol. The fraction of sp³-hybridized carbons (Fsp3) is 0.294. The van der Waals surface area contributed by atoms with Crippen LogP contribution in [-0.4, -0.2) is 36.1 Å². The second kappa shape index (κ2) is 8.75. The van der Waals surface area contributed by atoms with Crippen molar-refractivity contribution >= 4 is 11.8 Å². The first-order chi connectivity index (χ1) is 11.2. The first kappa shape index (κ1) is 16.8. The Balaban J connectivity index is 2.04. The molecule has 0 aliphatic carbocycles. The maximum atomic E-state index is 12.3. The molecule has 1 atom stereocenters. The zero-order valence-electron chi connectivity index (χ0n) is 12.7. The molecule has 0 fully saturated rings. The molecule has 1 aromatic carbocycles. The second-order valence-electron chi connectivity index (χ2n) is 5.06. The molecule has 1 aromatic heterocycles. The Bertz CT molecular complexity index is 611. The molecule has 2 amide bonds. The van der Waals surface area contributed by atoms with Crippen molar-refractivity contribution in [3.8, 4) is 0 Å². The Hall–Kier alpha value is -2.60. The Morgan fingerprint density at radius 1 is 1.13 bits per heavy atom. The normalized spacial score (nSPS) is 11.7. The first-order valence-corrected chi connectivity index (χ1v) is 7.47. The minimum Gasteiger partial charge on any atom is -0.459 e. The average Bonchev–Trinajstić information content (AvgIpc) is 3.10. The molecule has 1 heterocycles. The predicted molar refractivity (Wildman–Crippen MR) is 84.8 cm³/mol. The summed E-state index contributed by atoms with van der Waals surface area (Å²) in [5.74, 6) is -0.568. The summed E-state index contributed by atoms with van der Waals surface area (Å²) in [5.41, 5.74) is 0.939. The molecule has 23 heavy (non-hydrogen) atoms. The zero-order valence-corrected chi connectivity index (χ0v) is 12.7. The minimum atomic E-state index is -0.714. The van der Waals surface area contributed by atoms with Gasteiger partial charge in [0.25, 0.3) is 5.91 Å². The van der Waals surface area contributed by atoms with Gasteiger partial charge in [-0.15, -0.1) is 0 Å². The van der Waals surface area contributed by atoms with Gasteiger partial charge in [-0.3, -0.25) is 9.59 Å². The molecule has 0 saturated heterocycles. The van der Waals surface area contributed by atoms with Gasteiger partial charge in [0.15, 0.2) is 5.76 Å². The number of rotatable bonds is 8. The Morgan fingerprint density at radius 3 is 2.57 bits per heavy atom. The highest BCUT2D eigenvalue weighted by Gasteiger charge is 2.22. The fourth-order valence-electron chi connectivity index (χ4n) is 2.11. The summed E-state index contributed by atoms with van der Waals surface area (Å²) >= 11 is 0. The van der Waals surface area contributed by atoms with Crippen molar-refractivity contribution in [2.75, 3.05) is 13.2 Å². The lowest BCUT2D eigenvalue weighted by Crippen LogP contribution is -2.48. The monoisotopic (exact) mass is 316 g/mol. The van der Waals surface area contributed by atoms with Gasteiger partial charge >= 0.3 is 0 Å². The minimum absolute atomic E-state index is 0.00237. The van der Waals surface area contributed by atoms with E-state index in [1.807, 2.05) is 30.3 Å². The number of aliphatic hydroxyl groups excluding tert-OH is 1. The highest BCUT2D eigenvalue weighted by atomic mass is 16.3. The molecular weight excluding hydrogens is 296 g/mol. The van der Waals surface area contributed by atoms with E-state index in [1.54, 1.807) is 12.1 Å². The van der Waals surface area contributed by atoms with Gasteiger partial charge in [-0.2, -0.15) is 0 Å². The van der Waals surface area contributed by atoms with Crippen molar-refractivity contribution in [1.29, 1.82) is 0 Å². The third-order valence-corrected chi connectivity index (χ3v) is 3.28. The van der Waals surface area contributed by atoms with Crippen molar-refractivity contribution in [3.63, 3.8) is 0 Å². The van der Waals surface area contributed by atoms with Gasteiger partial charge in [0.1, 0.15) is 6.04 Å². The van der Waals surface area contributed by atoms with Gasteiger partial charge in [0, 0.05) is 19.6 Å². The summed E-state index contributed by atoms with van der Waals surface area (Å²) < 4.78 is 5.05. The van der Waals surface area contributed by atoms with E-state index in [9.17, 15) is 9.59 Å². The number of furan rings is 1. The molecule has 3 N–H and O–H groups in total. The van der Waals surface area contributed by atoms with Crippen LogP contribution in [0, 0.1) is 0 Å². The third-order valence-electron chi connectivity index (χ3n) is 3.28. The predicted octanol–water partition coefficient (Wildman–Crippen LogP) is 1.12. The molecule has 122 valence electrons. The van der Waals surface area contributed by atoms with E-state index in [1.165, 1.54) is 6.26 Å². The summed E-state index contributed by atoms with van der Waals surface area (Å²) in [4.78, 5) is 24.4. The van der Waals surface area contributed by atoms with Crippen LogP contribution in [0.25, 0.3) is 0 Å². The Labute approximate surface area is 134 Å². The molecule has 1 unspecified atom stereocenters. The summed E-state index contributed by atoms with van der Waals surface area (Å²) in [5, 5.41) is 14.2. The summed E-state index contributed by atoms with van der Waals surface area (Å²) in [7, 11) is 0. The quantitative estimate of drug-likeness (QED) is 0.636. The maximum Gasteiger partial charge on any atom is 0.287 e. The van der Waals surface area contributed by atoms with Gasteiger partial charge in [-0.25, -0.2) is 0 Å². The van der Waals surface area contributed by atoms with Crippen molar-refractivity contribution in [1.82, 2.24) is 10.6 Å². The van der Waals surface area contributed by atoms with Gasteiger partial charge in [0.05, 0.1) is 6.26 Å². The van der Waals surface area contributed by atoms with Crippen LogP contribution < -0.4 is 10.6 Å². The first-order valence-electron chi connectivity index (χ1n) is 7.47. The van der Waals surface area contributed by atoms with Gasteiger partial charge in [-0.05, 0) is 24.1 Å². The molecule has 2 aromatic rings. The van der Waals surface area contributed by atoms with Crippen LogP contribution >= 0.6 is 0 Å². The number of aliphatic hydroxyl groups is 1. The van der Waals surface area contributed by atoms with E-state index in [-0.39, 0.29) is 18.3 Å². The van der Waals surface area contributed by atoms with Crippen LogP contribution in [-0.2, 0) is 11.2 Å². The van der Waals surface area contributed by atoms with Crippen molar-refractivity contribution < 1.29 is 19.1 Å². The fourth-order valence-corrected chi connectivity index (χ4v) is 2.11. The number of amides is 2. The number of hydrogen-bond acceptors (Lipinski definition) is 4. The largest absolute Gasteiger partial charge is 0.459 e. The molecule has 6 nitrogen and oxygen atoms in total. The molecule has 0 radical (unpaired) electrons. The van der Waals surface area contributed by atoms with Crippen LogP contribution in [0.15, 0.2) is 53.1 Å². The SMILES string of the molecule is O=C(NC(Cc1ccccc1)C(=O)NCCCO)c1ccco1. The van der Waals surface area contributed by atoms with Crippen LogP contribution in [0.5, 0.6) is 0 Å². The van der Waals surface area contributed by atoms with E-state index >= 15 is 0 Å². The number of benzene rings is 1. The molecule has 2 rings (SSSR count). The summed E-state index contributed by atoms with van der Waals surface area (Å²) in [6.07, 6.45) is 2.25.